The van der Waals surface area contributed by atoms with E-state index in [1.165, 1.54) is 0 Å². The predicted molar refractivity (Wildman–Crippen MR) is 64.3 cm³/mol. The SMILES string of the molecule is CCC(C)N1CCC(N2CCNCC2)C1=O. The monoisotopic (exact) mass is 225 g/mol. The van der Waals surface area contributed by atoms with Crippen molar-refractivity contribution in [1.82, 2.24) is 15.1 Å². The first-order valence-electron chi connectivity index (χ1n) is 6.49. The van der Waals surface area contributed by atoms with Gasteiger partial charge in [0, 0.05) is 38.8 Å². The van der Waals surface area contributed by atoms with Crippen LogP contribution >= 0.6 is 0 Å². The van der Waals surface area contributed by atoms with E-state index >= 15 is 0 Å². The summed E-state index contributed by atoms with van der Waals surface area (Å²) in [6, 6.07) is 0.566. The highest BCUT2D eigenvalue weighted by Crippen LogP contribution is 2.20. The van der Waals surface area contributed by atoms with Crippen LogP contribution in [0.5, 0.6) is 0 Å². The van der Waals surface area contributed by atoms with Crippen molar-refractivity contribution in [2.45, 2.75) is 38.8 Å². The molecular weight excluding hydrogens is 202 g/mol. The van der Waals surface area contributed by atoms with Gasteiger partial charge in [0.15, 0.2) is 0 Å². The molecule has 2 saturated heterocycles. The summed E-state index contributed by atoms with van der Waals surface area (Å²) in [5.74, 6) is 0.358. The van der Waals surface area contributed by atoms with Crippen LogP contribution in [0.25, 0.3) is 0 Å². The zero-order valence-electron chi connectivity index (χ0n) is 10.4. The van der Waals surface area contributed by atoms with E-state index < -0.39 is 0 Å². The molecule has 0 aromatic heterocycles. The molecule has 0 bridgehead atoms. The highest BCUT2D eigenvalue weighted by Gasteiger charge is 2.37. The summed E-state index contributed by atoms with van der Waals surface area (Å²) < 4.78 is 0. The Kier molecular flexibility index (Phi) is 3.82. The molecule has 2 aliphatic heterocycles. The summed E-state index contributed by atoms with van der Waals surface area (Å²) >= 11 is 0. The van der Waals surface area contributed by atoms with Gasteiger partial charge >= 0.3 is 0 Å². The van der Waals surface area contributed by atoms with Crippen LogP contribution in [0.1, 0.15) is 26.7 Å². The van der Waals surface area contributed by atoms with Crippen molar-refractivity contribution in [3.8, 4) is 0 Å². The molecule has 0 aliphatic carbocycles. The third-order valence-electron chi connectivity index (χ3n) is 3.93. The minimum absolute atomic E-state index is 0.163. The number of hydrogen-bond donors (Lipinski definition) is 1. The minimum Gasteiger partial charge on any atom is -0.339 e. The lowest BCUT2D eigenvalue weighted by Gasteiger charge is -2.32. The first kappa shape index (κ1) is 11.9. The van der Waals surface area contributed by atoms with E-state index in [-0.39, 0.29) is 6.04 Å². The molecule has 0 aromatic carbocycles. The number of nitrogens with one attached hydrogen (secondary N) is 1. The van der Waals surface area contributed by atoms with E-state index in [2.05, 4.69) is 29.0 Å². The topological polar surface area (TPSA) is 35.6 Å². The van der Waals surface area contributed by atoms with Gasteiger partial charge in [0.25, 0.3) is 0 Å². The Bertz CT molecular complexity index is 251. The van der Waals surface area contributed by atoms with Gasteiger partial charge in [-0.3, -0.25) is 9.69 Å². The zero-order valence-corrected chi connectivity index (χ0v) is 10.4. The van der Waals surface area contributed by atoms with Crippen molar-refractivity contribution in [3.63, 3.8) is 0 Å². The van der Waals surface area contributed by atoms with Gasteiger partial charge in [-0.1, -0.05) is 6.92 Å². The molecule has 2 heterocycles. The average molecular weight is 225 g/mol. The molecule has 0 spiro atoms. The molecule has 2 rings (SSSR count). The Balaban J connectivity index is 1.95. The second-order valence-electron chi connectivity index (χ2n) is 4.88. The van der Waals surface area contributed by atoms with Crippen LogP contribution in [0.2, 0.25) is 0 Å². The molecule has 2 atom stereocenters. The maximum absolute atomic E-state index is 12.3. The summed E-state index contributed by atoms with van der Waals surface area (Å²) in [6.45, 7) is 9.33. The largest absolute Gasteiger partial charge is 0.339 e. The van der Waals surface area contributed by atoms with E-state index in [0.717, 1.165) is 45.6 Å². The number of amides is 1. The number of carbonyl (C=O) groups is 1. The lowest BCUT2D eigenvalue weighted by molar-refractivity contribution is -0.134. The Morgan fingerprint density at radius 2 is 2.06 bits per heavy atom. The molecule has 4 heteroatoms. The normalized spacial score (nSPS) is 29.8. The first-order chi connectivity index (χ1) is 7.74. The van der Waals surface area contributed by atoms with Crippen LogP contribution in [-0.4, -0.2) is 60.5 Å². The van der Waals surface area contributed by atoms with E-state index in [1.54, 1.807) is 0 Å². The van der Waals surface area contributed by atoms with Crippen molar-refractivity contribution < 1.29 is 4.79 Å². The Morgan fingerprint density at radius 3 is 2.69 bits per heavy atom. The van der Waals surface area contributed by atoms with Crippen LogP contribution in [-0.2, 0) is 4.79 Å². The average Bonchev–Trinajstić information content (AvgIpc) is 2.71. The summed E-state index contributed by atoms with van der Waals surface area (Å²) in [7, 11) is 0. The highest BCUT2D eigenvalue weighted by molar-refractivity contribution is 5.84. The highest BCUT2D eigenvalue weighted by atomic mass is 16.2. The fourth-order valence-electron chi connectivity index (χ4n) is 2.68. The summed E-state index contributed by atoms with van der Waals surface area (Å²) in [5, 5.41) is 3.33. The van der Waals surface area contributed by atoms with Crippen LogP contribution in [0.4, 0.5) is 0 Å². The number of carbonyl (C=O) groups excluding carboxylic acids is 1. The Hall–Kier alpha value is -0.610. The van der Waals surface area contributed by atoms with Gasteiger partial charge in [0.1, 0.15) is 0 Å². The third kappa shape index (κ3) is 2.23. The van der Waals surface area contributed by atoms with Gasteiger partial charge in [-0.25, -0.2) is 0 Å². The first-order valence-corrected chi connectivity index (χ1v) is 6.49. The molecule has 2 fully saturated rings. The van der Waals surface area contributed by atoms with E-state index in [4.69, 9.17) is 0 Å². The van der Waals surface area contributed by atoms with E-state index in [0.29, 0.717) is 11.9 Å². The molecule has 4 nitrogen and oxygen atoms in total. The molecular formula is C12H23N3O. The fraction of sp³-hybridized carbons (Fsp3) is 0.917. The number of rotatable bonds is 3. The van der Waals surface area contributed by atoms with Crippen molar-refractivity contribution in [3.05, 3.63) is 0 Å². The van der Waals surface area contributed by atoms with E-state index in [9.17, 15) is 4.79 Å². The molecule has 1 N–H and O–H groups in total. The van der Waals surface area contributed by atoms with Gasteiger partial charge in [0.2, 0.25) is 5.91 Å². The van der Waals surface area contributed by atoms with Crippen molar-refractivity contribution >= 4 is 5.91 Å². The van der Waals surface area contributed by atoms with Crippen molar-refractivity contribution in [2.75, 3.05) is 32.7 Å². The molecule has 2 unspecified atom stereocenters. The fourth-order valence-corrected chi connectivity index (χ4v) is 2.68. The van der Waals surface area contributed by atoms with Gasteiger partial charge in [-0.15, -0.1) is 0 Å². The Labute approximate surface area is 98.0 Å². The maximum atomic E-state index is 12.3. The minimum atomic E-state index is 0.163. The molecule has 0 radical (unpaired) electrons. The summed E-state index contributed by atoms with van der Waals surface area (Å²) in [6.07, 6.45) is 2.07. The Morgan fingerprint density at radius 1 is 1.38 bits per heavy atom. The van der Waals surface area contributed by atoms with Crippen molar-refractivity contribution in [2.24, 2.45) is 0 Å². The maximum Gasteiger partial charge on any atom is 0.240 e. The van der Waals surface area contributed by atoms with Crippen LogP contribution < -0.4 is 5.32 Å². The van der Waals surface area contributed by atoms with Crippen LogP contribution in [0.15, 0.2) is 0 Å². The second-order valence-corrected chi connectivity index (χ2v) is 4.88. The quantitative estimate of drug-likeness (QED) is 0.750. The summed E-state index contributed by atoms with van der Waals surface area (Å²) in [5.41, 5.74) is 0. The second kappa shape index (κ2) is 5.15. The van der Waals surface area contributed by atoms with Crippen molar-refractivity contribution in [1.29, 1.82) is 0 Å². The number of nitrogens with zero attached hydrogens (tertiary/aromatic N) is 2. The van der Waals surface area contributed by atoms with Gasteiger partial charge in [0.05, 0.1) is 6.04 Å². The number of hydrogen-bond acceptors (Lipinski definition) is 3. The van der Waals surface area contributed by atoms with Crippen LogP contribution in [0, 0.1) is 0 Å². The lowest BCUT2D eigenvalue weighted by Crippen LogP contribution is -2.51. The van der Waals surface area contributed by atoms with E-state index in [1.807, 2.05) is 0 Å². The lowest BCUT2D eigenvalue weighted by atomic mass is 10.2. The van der Waals surface area contributed by atoms with Crippen LogP contribution in [0.3, 0.4) is 0 Å². The smallest absolute Gasteiger partial charge is 0.240 e. The van der Waals surface area contributed by atoms with Gasteiger partial charge in [-0.2, -0.15) is 0 Å². The standard InChI is InChI=1S/C12H23N3O/c1-3-10(2)15-7-4-11(12(15)16)14-8-5-13-6-9-14/h10-11,13H,3-9H2,1-2H3. The number of likely N-dealkylation sites (tertiary alicyclic amines) is 1. The predicted octanol–water partition coefficient (Wildman–Crippen LogP) is 0.291. The zero-order chi connectivity index (χ0) is 11.5. The molecule has 92 valence electrons. The molecule has 0 saturated carbocycles. The molecule has 16 heavy (non-hydrogen) atoms. The molecule has 2 aliphatic rings. The number of piperazine rings is 1. The van der Waals surface area contributed by atoms with Gasteiger partial charge in [-0.05, 0) is 19.8 Å². The van der Waals surface area contributed by atoms with Gasteiger partial charge < -0.3 is 10.2 Å². The molecule has 0 aromatic rings. The third-order valence-corrected chi connectivity index (χ3v) is 3.93. The molecule has 1 amide bonds. The summed E-state index contributed by atoms with van der Waals surface area (Å²) in [4.78, 5) is 16.7.